The average molecular weight is 293 g/mol. The van der Waals surface area contributed by atoms with E-state index in [2.05, 4.69) is 16.0 Å². The van der Waals surface area contributed by atoms with Gasteiger partial charge in [0.1, 0.15) is 0 Å². The van der Waals surface area contributed by atoms with E-state index in [1.807, 2.05) is 0 Å². The van der Waals surface area contributed by atoms with Crippen molar-refractivity contribution in [3.8, 4) is 0 Å². The smallest absolute Gasteiger partial charge is 0.330 e. The van der Waals surface area contributed by atoms with Gasteiger partial charge in [-0.1, -0.05) is 30.3 Å². The first-order valence-corrected chi connectivity index (χ1v) is 6.51. The summed E-state index contributed by atoms with van der Waals surface area (Å²) in [4.78, 5) is 34.2. The van der Waals surface area contributed by atoms with Crippen molar-refractivity contribution in [1.29, 1.82) is 0 Å². The SMILES string of the molecule is CC(C)NC(=O)CNC(=O)N[C@H](C(=O)O)c1ccccc1. The molecule has 114 valence electrons. The molecule has 0 radical (unpaired) electrons. The summed E-state index contributed by atoms with van der Waals surface area (Å²) in [5.41, 5.74) is 0.451. The standard InChI is InChI=1S/C14H19N3O4/c1-9(2)16-11(18)8-15-14(21)17-12(13(19)20)10-6-4-3-5-7-10/h3-7,9,12H,8H2,1-2H3,(H,16,18)(H,19,20)(H2,15,17,21)/t12-/m0/s1. The van der Waals surface area contributed by atoms with Crippen molar-refractivity contribution >= 4 is 17.9 Å². The number of aliphatic carboxylic acids is 1. The minimum atomic E-state index is -1.18. The van der Waals surface area contributed by atoms with Crippen LogP contribution < -0.4 is 16.0 Å². The number of carbonyl (C=O) groups is 3. The van der Waals surface area contributed by atoms with Gasteiger partial charge in [0.05, 0.1) is 6.54 Å². The summed E-state index contributed by atoms with van der Waals surface area (Å²) in [5, 5.41) is 16.4. The summed E-state index contributed by atoms with van der Waals surface area (Å²) in [5.74, 6) is -1.52. The third-order valence-corrected chi connectivity index (χ3v) is 2.51. The normalized spacial score (nSPS) is 11.6. The molecule has 0 fully saturated rings. The number of hydrogen-bond donors (Lipinski definition) is 4. The summed E-state index contributed by atoms with van der Waals surface area (Å²) in [6, 6.07) is 6.40. The zero-order chi connectivity index (χ0) is 15.8. The second-order valence-corrected chi connectivity index (χ2v) is 4.73. The molecule has 0 aliphatic carbocycles. The first-order valence-electron chi connectivity index (χ1n) is 6.51. The van der Waals surface area contributed by atoms with Crippen molar-refractivity contribution in [2.45, 2.75) is 25.9 Å². The quantitative estimate of drug-likeness (QED) is 0.617. The Morgan fingerprint density at radius 1 is 1.10 bits per heavy atom. The van der Waals surface area contributed by atoms with E-state index in [0.717, 1.165) is 0 Å². The highest BCUT2D eigenvalue weighted by Gasteiger charge is 2.21. The molecule has 0 spiro atoms. The van der Waals surface area contributed by atoms with Crippen LogP contribution in [0.4, 0.5) is 4.79 Å². The lowest BCUT2D eigenvalue weighted by Gasteiger charge is -2.15. The van der Waals surface area contributed by atoms with E-state index in [1.54, 1.807) is 44.2 Å². The van der Waals surface area contributed by atoms with Crippen LogP contribution >= 0.6 is 0 Å². The van der Waals surface area contributed by atoms with Crippen LogP contribution in [0.3, 0.4) is 0 Å². The van der Waals surface area contributed by atoms with Crippen LogP contribution in [0, 0.1) is 0 Å². The highest BCUT2D eigenvalue weighted by molar-refractivity contribution is 5.87. The molecule has 0 heterocycles. The van der Waals surface area contributed by atoms with Crippen molar-refractivity contribution < 1.29 is 19.5 Å². The Morgan fingerprint density at radius 3 is 2.24 bits per heavy atom. The molecule has 0 bridgehead atoms. The van der Waals surface area contributed by atoms with Crippen molar-refractivity contribution in [1.82, 2.24) is 16.0 Å². The van der Waals surface area contributed by atoms with Crippen LogP contribution in [0.5, 0.6) is 0 Å². The minimum Gasteiger partial charge on any atom is -0.479 e. The average Bonchev–Trinajstić information content (AvgIpc) is 2.42. The maximum Gasteiger partial charge on any atom is 0.330 e. The van der Waals surface area contributed by atoms with Gasteiger partial charge >= 0.3 is 12.0 Å². The van der Waals surface area contributed by atoms with Gasteiger partial charge in [0, 0.05) is 6.04 Å². The summed E-state index contributed by atoms with van der Waals surface area (Å²) in [6.07, 6.45) is 0. The number of carboxylic acids is 1. The Kier molecular flexibility index (Phi) is 6.19. The van der Waals surface area contributed by atoms with Gasteiger partial charge in [-0.05, 0) is 19.4 Å². The number of carbonyl (C=O) groups excluding carboxylic acids is 2. The number of benzene rings is 1. The van der Waals surface area contributed by atoms with Gasteiger partial charge in [-0.15, -0.1) is 0 Å². The van der Waals surface area contributed by atoms with E-state index in [0.29, 0.717) is 5.56 Å². The molecule has 0 saturated carbocycles. The molecular weight excluding hydrogens is 274 g/mol. The van der Waals surface area contributed by atoms with Gasteiger partial charge < -0.3 is 21.1 Å². The largest absolute Gasteiger partial charge is 0.479 e. The Labute approximate surface area is 122 Å². The molecule has 7 heteroatoms. The highest BCUT2D eigenvalue weighted by Crippen LogP contribution is 2.12. The van der Waals surface area contributed by atoms with Crippen molar-refractivity contribution in [2.75, 3.05) is 6.54 Å². The monoisotopic (exact) mass is 293 g/mol. The van der Waals surface area contributed by atoms with Crippen molar-refractivity contribution in [3.63, 3.8) is 0 Å². The summed E-state index contributed by atoms with van der Waals surface area (Å²) >= 11 is 0. The molecule has 0 aromatic heterocycles. The summed E-state index contributed by atoms with van der Waals surface area (Å²) < 4.78 is 0. The van der Waals surface area contributed by atoms with E-state index in [1.165, 1.54) is 0 Å². The molecular formula is C14H19N3O4. The van der Waals surface area contributed by atoms with Crippen LogP contribution in [0.25, 0.3) is 0 Å². The molecule has 0 unspecified atom stereocenters. The topological polar surface area (TPSA) is 108 Å². The van der Waals surface area contributed by atoms with Crippen LogP contribution in [-0.4, -0.2) is 35.6 Å². The Balaban J connectivity index is 2.55. The molecule has 1 aromatic carbocycles. The van der Waals surface area contributed by atoms with E-state index < -0.39 is 18.0 Å². The maximum atomic E-state index is 11.7. The van der Waals surface area contributed by atoms with Crippen LogP contribution in [-0.2, 0) is 9.59 Å². The van der Waals surface area contributed by atoms with Gasteiger partial charge in [0.25, 0.3) is 0 Å². The number of amides is 3. The van der Waals surface area contributed by atoms with Gasteiger partial charge in [0.15, 0.2) is 6.04 Å². The fourth-order valence-electron chi connectivity index (χ4n) is 1.65. The molecule has 21 heavy (non-hydrogen) atoms. The molecule has 7 nitrogen and oxygen atoms in total. The van der Waals surface area contributed by atoms with Crippen LogP contribution in [0.2, 0.25) is 0 Å². The fourth-order valence-corrected chi connectivity index (χ4v) is 1.65. The first-order chi connectivity index (χ1) is 9.90. The fraction of sp³-hybridized carbons (Fsp3) is 0.357. The number of rotatable bonds is 6. The zero-order valence-corrected chi connectivity index (χ0v) is 11.9. The van der Waals surface area contributed by atoms with Gasteiger partial charge in [-0.3, -0.25) is 4.79 Å². The maximum absolute atomic E-state index is 11.7. The van der Waals surface area contributed by atoms with E-state index in [-0.39, 0.29) is 18.5 Å². The van der Waals surface area contributed by atoms with Crippen LogP contribution in [0.1, 0.15) is 25.5 Å². The predicted octanol–water partition coefficient (Wildman–Crippen LogP) is 0.636. The summed E-state index contributed by atoms with van der Waals surface area (Å²) in [7, 11) is 0. The molecule has 4 N–H and O–H groups in total. The van der Waals surface area contributed by atoms with Gasteiger partial charge in [-0.25, -0.2) is 9.59 Å². The lowest BCUT2D eigenvalue weighted by Crippen LogP contribution is -2.45. The van der Waals surface area contributed by atoms with Gasteiger partial charge in [-0.2, -0.15) is 0 Å². The third kappa shape index (κ3) is 5.94. The molecule has 1 aromatic rings. The lowest BCUT2D eigenvalue weighted by atomic mass is 10.1. The second-order valence-electron chi connectivity index (χ2n) is 4.73. The van der Waals surface area contributed by atoms with Crippen molar-refractivity contribution in [2.24, 2.45) is 0 Å². The van der Waals surface area contributed by atoms with Crippen molar-refractivity contribution in [3.05, 3.63) is 35.9 Å². The Morgan fingerprint density at radius 2 is 1.71 bits per heavy atom. The summed E-state index contributed by atoms with van der Waals surface area (Å²) in [6.45, 7) is 3.38. The zero-order valence-electron chi connectivity index (χ0n) is 11.9. The number of carboxylic acid groups (broad SMARTS) is 1. The lowest BCUT2D eigenvalue weighted by molar-refractivity contribution is -0.139. The van der Waals surface area contributed by atoms with E-state index >= 15 is 0 Å². The number of hydrogen-bond acceptors (Lipinski definition) is 3. The highest BCUT2D eigenvalue weighted by atomic mass is 16.4. The Hall–Kier alpha value is -2.57. The predicted molar refractivity (Wildman–Crippen MR) is 76.6 cm³/mol. The van der Waals surface area contributed by atoms with E-state index in [9.17, 15) is 14.4 Å². The third-order valence-electron chi connectivity index (χ3n) is 2.51. The van der Waals surface area contributed by atoms with Crippen LogP contribution in [0.15, 0.2) is 30.3 Å². The number of urea groups is 1. The molecule has 0 saturated heterocycles. The number of nitrogens with one attached hydrogen (secondary N) is 3. The molecule has 0 aliphatic rings. The minimum absolute atomic E-state index is 0.0292. The second kappa shape index (κ2) is 7.88. The van der Waals surface area contributed by atoms with Gasteiger partial charge in [0.2, 0.25) is 5.91 Å². The molecule has 0 aliphatic heterocycles. The van der Waals surface area contributed by atoms with E-state index in [4.69, 9.17) is 5.11 Å². The molecule has 3 amide bonds. The molecule has 1 atom stereocenters. The Bertz CT molecular complexity index is 502. The molecule has 1 rings (SSSR count). The first kappa shape index (κ1) is 16.5.